The number of nitrogens with one attached hydrogen (secondary N) is 1. The van der Waals surface area contributed by atoms with Crippen molar-refractivity contribution < 1.29 is 4.79 Å². The van der Waals surface area contributed by atoms with Crippen molar-refractivity contribution in [2.24, 2.45) is 0 Å². The molecule has 3 aromatic rings. The average Bonchev–Trinajstić information content (AvgIpc) is 3.21. The molecule has 2 aromatic carbocycles. The van der Waals surface area contributed by atoms with Crippen LogP contribution in [-0.4, -0.2) is 57.9 Å². The van der Waals surface area contributed by atoms with Gasteiger partial charge in [0.2, 0.25) is 11.1 Å². The Morgan fingerprint density at radius 1 is 1.14 bits per heavy atom. The molecule has 9 heteroatoms. The number of H-pyrrole nitrogens is 1. The van der Waals surface area contributed by atoms with Crippen LogP contribution in [0.1, 0.15) is 0 Å². The summed E-state index contributed by atoms with van der Waals surface area (Å²) in [6.07, 6.45) is 0. The van der Waals surface area contributed by atoms with E-state index in [1.165, 1.54) is 11.8 Å². The number of hydrogen-bond acceptors (Lipinski definition) is 5. The molecule has 0 saturated carbocycles. The van der Waals surface area contributed by atoms with E-state index < -0.39 is 0 Å². The highest BCUT2D eigenvalue weighted by Gasteiger charge is 2.22. The van der Waals surface area contributed by atoms with Crippen LogP contribution in [-0.2, 0) is 4.79 Å². The minimum atomic E-state index is 0.105. The molecule has 0 spiro atoms. The van der Waals surface area contributed by atoms with Gasteiger partial charge in [0.1, 0.15) is 0 Å². The molecule has 29 heavy (non-hydrogen) atoms. The van der Waals surface area contributed by atoms with Crippen molar-refractivity contribution >= 4 is 50.9 Å². The van der Waals surface area contributed by atoms with E-state index in [1.807, 2.05) is 53.4 Å². The molecule has 0 radical (unpaired) electrons. The van der Waals surface area contributed by atoms with E-state index in [0.29, 0.717) is 29.8 Å². The molecular formula is C20H19BrClN5OS. The normalized spacial score (nSPS) is 14.3. The van der Waals surface area contributed by atoms with Crippen molar-refractivity contribution in [3.8, 4) is 11.4 Å². The van der Waals surface area contributed by atoms with Gasteiger partial charge in [-0.2, -0.15) is 0 Å². The number of carbonyl (C=O) groups excluding carboxylic acids is 1. The first-order chi connectivity index (χ1) is 14.1. The summed E-state index contributed by atoms with van der Waals surface area (Å²) in [5.41, 5.74) is 2.04. The first-order valence-electron chi connectivity index (χ1n) is 9.18. The van der Waals surface area contributed by atoms with Gasteiger partial charge in [-0.1, -0.05) is 63.6 Å². The Morgan fingerprint density at radius 3 is 2.69 bits per heavy atom. The Labute approximate surface area is 186 Å². The molecule has 1 amide bonds. The third kappa shape index (κ3) is 4.94. The SMILES string of the molecule is O=C(CSc1n[nH]c(-c2ccccc2Br)n1)N1CCN(c2cccc(Cl)c2)CC1. The lowest BCUT2D eigenvalue weighted by Gasteiger charge is -2.36. The third-order valence-corrected chi connectivity index (χ3v) is 6.48. The maximum Gasteiger partial charge on any atom is 0.233 e. The molecule has 6 nitrogen and oxygen atoms in total. The fourth-order valence-corrected chi connectivity index (χ4v) is 4.55. The van der Waals surface area contributed by atoms with Gasteiger partial charge < -0.3 is 9.80 Å². The standard InChI is InChI=1S/C20H19BrClN5OS/c21-17-7-2-1-6-16(17)19-23-20(25-24-19)29-13-18(28)27-10-8-26(9-11-27)15-5-3-4-14(22)12-15/h1-7,12H,8-11,13H2,(H,23,24,25). The molecule has 2 heterocycles. The van der Waals surface area contributed by atoms with Crippen molar-refractivity contribution in [2.45, 2.75) is 5.16 Å². The Balaban J connectivity index is 1.29. The van der Waals surface area contributed by atoms with Crippen molar-refractivity contribution in [3.05, 3.63) is 58.0 Å². The molecule has 0 bridgehead atoms. The van der Waals surface area contributed by atoms with Gasteiger partial charge in [0.15, 0.2) is 5.82 Å². The maximum atomic E-state index is 12.6. The third-order valence-electron chi connectivity index (χ3n) is 4.72. The summed E-state index contributed by atoms with van der Waals surface area (Å²) in [6, 6.07) is 15.6. The predicted molar refractivity (Wildman–Crippen MR) is 120 cm³/mol. The summed E-state index contributed by atoms with van der Waals surface area (Å²) in [7, 11) is 0. The van der Waals surface area contributed by atoms with Gasteiger partial charge in [-0.25, -0.2) is 4.98 Å². The van der Waals surface area contributed by atoms with Gasteiger partial charge in [0.05, 0.1) is 5.75 Å². The Morgan fingerprint density at radius 2 is 1.93 bits per heavy atom. The number of anilines is 1. The Hall–Kier alpha value is -2.03. The van der Waals surface area contributed by atoms with Crippen molar-refractivity contribution in [3.63, 3.8) is 0 Å². The number of hydrogen-bond donors (Lipinski definition) is 1. The summed E-state index contributed by atoms with van der Waals surface area (Å²) in [4.78, 5) is 21.2. The molecular weight excluding hydrogens is 474 g/mol. The summed E-state index contributed by atoms with van der Waals surface area (Å²) in [5, 5.41) is 8.46. The lowest BCUT2D eigenvalue weighted by molar-refractivity contribution is -0.128. The lowest BCUT2D eigenvalue weighted by Crippen LogP contribution is -2.49. The van der Waals surface area contributed by atoms with Crippen LogP contribution >= 0.6 is 39.3 Å². The molecule has 0 aliphatic carbocycles. The van der Waals surface area contributed by atoms with Gasteiger partial charge >= 0.3 is 0 Å². The zero-order valence-electron chi connectivity index (χ0n) is 15.5. The van der Waals surface area contributed by atoms with Crippen LogP contribution in [0.5, 0.6) is 0 Å². The van der Waals surface area contributed by atoms with E-state index in [0.717, 1.165) is 33.8 Å². The van der Waals surface area contributed by atoms with E-state index in [-0.39, 0.29) is 5.91 Å². The number of carbonyl (C=O) groups is 1. The first-order valence-corrected chi connectivity index (χ1v) is 11.3. The molecule has 1 aliphatic rings. The van der Waals surface area contributed by atoms with Crippen LogP contribution in [0.4, 0.5) is 5.69 Å². The van der Waals surface area contributed by atoms with Gasteiger partial charge in [-0.05, 0) is 24.3 Å². The number of thioether (sulfide) groups is 1. The minimum Gasteiger partial charge on any atom is -0.368 e. The Bertz CT molecular complexity index is 1010. The molecule has 4 rings (SSSR count). The summed E-state index contributed by atoms with van der Waals surface area (Å²) in [5.74, 6) is 1.11. The molecule has 0 atom stereocenters. The van der Waals surface area contributed by atoms with Crippen LogP contribution in [0, 0.1) is 0 Å². The summed E-state index contributed by atoms with van der Waals surface area (Å²) < 4.78 is 0.946. The molecule has 150 valence electrons. The van der Waals surface area contributed by atoms with Crippen LogP contribution in [0.2, 0.25) is 5.02 Å². The zero-order chi connectivity index (χ0) is 20.2. The second-order valence-corrected chi connectivity index (χ2v) is 8.82. The van der Waals surface area contributed by atoms with Crippen LogP contribution in [0.3, 0.4) is 0 Å². The van der Waals surface area contributed by atoms with Gasteiger partial charge in [-0.15, -0.1) is 5.10 Å². The second-order valence-electron chi connectivity index (χ2n) is 6.58. The van der Waals surface area contributed by atoms with E-state index in [1.54, 1.807) is 0 Å². The molecule has 1 fully saturated rings. The largest absolute Gasteiger partial charge is 0.368 e. The number of rotatable bonds is 5. The van der Waals surface area contributed by atoms with E-state index in [4.69, 9.17) is 11.6 Å². The van der Waals surface area contributed by atoms with E-state index >= 15 is 0 Å². The molecule has 1 aliphatic heterocycles. The zero-order valence-corrected chi connectivity index (χ0v) is 18.7. The highest BCUT2D eigenvalue weighted by molar-refractivity contribution is 9.10. The predicted octanol–water partition coefficient (Wildman–Crippen LogP) is 4.33. The smallest absolute Gasteiger partial charge is 0.233 e. The average molecular weight is 493 g/mol. The molecule has 1 N–H and O–H groups in total. The summed E-state index contributed by atoms with van der Waals surface area (Å²) in [6.45, 7) is 2.98. The number of aromatic nitrogens is 3. The quantitative estimate of drug-likeness (QED) is 0.537. The van der Waals surface area contributed by atoms with Crippen LogP contribution < -0.4 is 4.90 Å². The Kier molecular flexibility index (Phi) is 6.42. The maximum absolute atomic E-state index is 12.6. The monoisotopic (exact) mass is 491 g/mol. The lowest BCUT2D eigenvalue weighted by atomic mass is 10.2. The molecule has 0 unspecified atom stereocenters. The first kappa shape index (κ1) is 20.3. The fourth-order valence-electron chi connectivity index (χ4n) is 3.19. The molecule has 1 saturated heterocycles. The van der Waals surface area contributed by atoms with Crippen molar-refractivity contribution in [1.82, 2.24) is 20.1 Å². The highest BCUT2D eigenvalue weighted by atomic mass is 79.9. The van der Waals surface area contributed by atoms with Crippen molar-refractivity contribution in [2.75, 3.05) is 36.8 Å². The fraction of sp³-hybridized carbons (Fsp3) is 0.250. The van der Waals surface area contributed by atoms with Crippen LogP contribution in [0.15, 0.2) is 58.2 Å². The van der Waals surface area contributed by atoms with E-state index in [2.05, 4.69) is 36.0 Å². The highest BCUT2D eigenvalue weighted by Crippen LogP contribution is 2.26. The van der Waals surface area contributed by atoms with Gasteiger partial charge in [0.25, 0.3) is 0 Å². The van der Waals surface area contributed by atoms with E-state index in [9.17, 15) is 4.79 Å². The topological polar surface area (TPSA) is 65.1 Å². The molecule has 1 aromatic heterocycles. The number of halogens is 2. The number of benzene rings is 2. The van der Waals surface area contributed by atoms with Crippen molar-refractivity contribution in [1.29, 1.82) is 0 Å². The number of piperazine rings is 1. The number of amides is 1. The van der Waals surface area contributed by atoms with Crippen LogP contribution in [0.25, 0.3) is 11.4 Å². The summed E-state index contributed by atoms with van der Waals surface area (Å²) >= 11 is 10.9. The second kappa shape index (κ2) is 9.19. The van der Waals surface area contributed by atoms with Gasteiger partial charge in [0, 0.05) is 46.9 Å². The number of aromatic amines is 1. The van der Waals surface area contributed by atoms with Gasteiger partial charge in [-0.3, -0.25) is 9.89 Å². The minimum absolute atomic E-state index is 0.105. The number of nitrogens with zero attached hydrogens (tertiary/aromatic N) is 4.